The number of hydrogen-bond acceptors (Lipinski definition) is 3. The highest BCUT2D eigenvalue weighted by molar-refractivity contribution is 5.79. The molecule has 1 saturated heterocycles. The predicted octanol–water partition coefficient (Wildman–Crippen LogP) is 4.23. The Bertz CT molecular complexity index is 961. The minimum Gasteiger partial charge on any atom is -0.342 e. The van der Waals surface area contributed by atoms with Gasteiger partial charge in [-0.1, -0.05) is 42.5 Å². The van der Waals surface area contributed by atoms with Crippen LogP contribution in [0.15, 0.2) is 67.0 Å². The zero-order valence-corrected chi connectivity index (χ0v) is 15.6. The standard InChI is InChI=1S/C23H22FN3O/c24-20-11-5-4-10-19(20)23-22(25-12-13-26-23)18-9-6-14-27(16-18)21(28)15-17-7-2-1-3-8-17/h1-5,7-8,10-13,18H,6,9,14-16H2/t18-/m0/s1. The van der Waals surface area contributed by atoms with Gasteiger partial charge in [0.25, 0.3) is 0 Å². The first-order valence-electron chi connectivity index (χ1n) is 9.60. The molecule has 0 unspecified atom stereocenters. The summed E-state index contributed by atoms with van der Waals surface area (Å²) in [5.74, 6) is -0.138. The van der Waals surface area contributed by atoms with Crippen molar-refractivity contribution in [3.05, 3.63) is 84.1 Å². The van der Waals surface area contributed by atoms with E-state index in [0.29, 0.717) is 24.2 Å². The summed E-state index contributed by atoms with van der Waals surface area (Å²) >= 11 is 0. The van der Waals surface area contributed by atoms with E-state index in [1.165, 1.54) is 6.07 Å². The summed E-state index contributed by atoms with van der Waals surface area (Å²) in [5.41, 5.74) is 2.81. The van der Waals surface area contributed by atoms with Crippen molar-refractivity contribution in [2.45, 2.75) is 25.2 Å². The number of nitrogens with zero attached hydrogens (tertiary/aromatic N) is 3. The molecule has 1 aromatic heterocycles. The molecule has 0 N–H and O–H groups in total. The van der Waals surface area contributed by atoms with E-state index in [1.54, 1.807) is 30.6 Å². The molecular formula is C23H22FN3O. The van der Waals surface area contributed by atoms with Crippen molar-refractivity contribution < 1.29 is 9.18 Å². The molecule has 4 rings (SSSR count). The molecule has 2 aromatic carbocycles. The van der Waals surface area contributed by atoms with Crippen LogP contribution in [-0.4, -0.2) is 33.9 Å². The lowest BCUT2D eigenvalue weighted by Gasteiger charge is -2.33. The van der Waals surface area contributed by atoms with Gasteiger partial charge >= 0.3 is 0 Å². The van der Waals surface area contributed by atoms with E-state index in [4.69, 9.17) is 0 Å². The van der Waals surface area contributed by atoms with Crippen molar-refractivity contribution in [3.8, 4) is 11.3 Å². The molecular weight excluding hydrogens is 353 g/mol. The van der Waals surface area contributed by atoms with Gasteiger partial charge in [-0.15, -0.1) is 0 Å². The maximum Gasteiger partial charge on any atom is 0.227 e. The van der Waals surface area contributed by atoms with Crippen molar-refractivity contribution in [2.75, 3.05) is 13.1 Å². The van der Waals surface area contributed by atoms with Crippen molar-refractivity contribution >= 4 is 5.91 Å². The summed E-state index contributed by atoms with van der Waals surface area (Å²) in [6.45, 7) is 1.34. The lowest BCUT2D eigenvalue weighted by molar-refractivity contribution is -0.131. The molecule has 5 heteroatoms. The van der Waals surface area contributed by atoms with Crippen LogP contribution in [0.3, 0.4) is 0 Å². The van der Waals surface area contributed by atoms with Crippen LogP contribution in [0.4, 0.5) is 4.39 Å². The highest BCUT2D eigenvalue weighted by atomic mass is 19.1. The van der Waals surface area contributed by atoms with Crippen molar-refractivity contribution in [1.82, 2.24) is 14.9 Å². The molecule has 1 amide bonds. The third-order valence-corrected chi connectivity index (χ3v) is 5.21. The van der Waals surface area contributed by atoms with Crippen LogP contribution < -0.4 is 0 Å². The summed E-state index contributed by atoms with van der Waals surface area (Å²) in [5, 5.41) is 0. The number of hydrogen-bond donors (Lipinski definition) is 0. The molecule has 0 radical (unpaired) electrons. The first-order valence-corrected chi connectivity index (χ1v) is 9.60. The fourth-order valence-electron chi connectivity index (χ4n) is 3.82. The van der Waals surface area contributed by atoms with Gasteiger partial charge in [-0.3, -0.25) is 14.8 Å². The predicted molar refractivity (Wildman–Crippen MR) is 106 cm³/mol. The van der Waals surface area contributed by atoms with Gasteiger partial charge in [0, 0.05) is 37.0 Å². The van der Waals surface area contributed by atoms with Gasteiger partial charge in [0.15, 0.2) is 0 Å². The highest BCUT2D eigenvalue weighted by Crippen LogP contribution is 2.32. The second-order valence-corrected chi connectivity index (χ2v) is 7.11. The number of carbonyl (C=O) groups is 1. The average molecular weight is 375 g/mol. The third kappa shape index (κ3) is 3.93. The number of likely N-dealkylation sites (tertiary alicyclic amines) is 1. The Hall–Kier alpha value is -3.08. The second kappa shape index (κ2) is 8.30. The SMILES string of the molecule is O=C(Cc1ccccc1)N1CCC[C@H](c2nccnc2-c2ccccc2F)C1. The molecule has 4 nitrogen and oxygen atoms in total. The van der Waals surface area contributed by atoms with E-state index < -0.39 is 0 Å². The summed E-state index contributed by atoms with van der Waals surface area (Å²) in [7, 11) is 0. The smallest absolute Gasteiger partial charge is 0.227 e. The molecule has 1 aliphatic rings. The van der Waals surface area contributed by atoms with Crippen LogP contribution in [0.5, 0.6) is 0 Å². The van der Waals surface area contributed by atoms with Gasteiger partial charge in [-0.25, -0.2) is 4.39 Å². The number of piperidine rings is 1. The van der Waals surface area contributed by atoms with Gasteiger partial charge in [0.1, 0.15) is 5.82 Å². The van der Waals surface area contributed by atoms with E-state index in [2.05, 4.69) is 9.97 Å². The molecule has 3 aromatic rings. The maximum atomic E-state index is 14.3. The van der Waals surface area contributed by atoms with E-state index in [9.17, 15) is 9.18 Å². The summed E-state index contributed by atoms with van der Waals surface area (Å²) in [4.78, 5) is 23.6. The van der Waals surface area contributed by atoms with E-state index >= 15 is 0 Å². The zero-order chi connectivity index (χ0) is 19.3. The van der Waals surface area contributed by atoms with Crippen molar-refractivity contribution in [1.29, 1.82) is 0 Å². The molecule has 0 bridgehead atoms. The van der Waals surface area contributed by atoms with Gasteiger partial charge in [0.05, 0.1) is 17.8 Å². The monoisotopic (exact) mass is 375 g/mol. The lowest BCUT2D eigenvalue weighted by Crippen LogP contribution is -2.40. The Balaban J connectivity index is 1.56. The van der Waals surface area contributed by atoms with Crippen LogP contribution in [0.1, 0.15) is 30.0 Å². The largest absolute Gasteiger partial charge is 0.342 e. The Morgan fingerprint density at radius 2 is 1.79 bits per heavy atom. The van der Waals surface area contributed by atoms with Crippen LogP contribution in [-0.2, 0) is 11.2 Å². The molecule has 0 spiro atoms. The molecule has 1 aliphatic heterocycles. The van der Waals surface area contributed by atoms with Crippen LogP contribution in [0, 0.1) is 5.82 Å². The Labute approximate surface area is 164 Å². The third-order valence-electron chi connectivity index (χ3n) is 5.21. The molecule has 142 valence electrons. The average Bonchev–Trinajstić information content (AvgIpc) is 2.75. The molecule has 1 atom stereocenters. The minimum atomic E-state index is -0.308. The molecule has 1 fully saturated rings. The number of aromatic nitrogens is 2. The topological polar surface area (TPSA) is 46.1 Å². The fourth-order valence-corrected chi connectivity index (χ4v) is 3.82. The molecule has 2 heterocycles. The second-order valence-electron chi connectivity index (χ2n) is 7.11. The zero-order valence-electron chi connectivity index (χ0n) is 15.6. The summed E-state index contributed by atoms with van der Waals surface area (Å²) in [6.07, 6.45) is 5.44. The van der Waals surface area contributed by atoms with Gasteiger partial charge < -0.3 is 4.90 Å². The van der Waals surface area contributed by atoms with Gasteiger partial charge in [-0.2, -0.15) is 0 Å². The van der Waals surface area contributed by atoms with E-state index in [0.717, 1.165) is 30.6 Å². The Morgan fingerprint density at radius 1 is 1.04 bits per heavy atom. The van der Waals surface area contributed by atoms with E-state index in [1.807, 2.05) is 35.2 Å². The number of amides is 1. The number of halogens is 1. The Kier molecular flexibility index (Phi) is 5.42. The first kappa shape index (κ1) is 18.3. The van der Waals surface area contributed by atoms with E-state index in [-0.39, 0.29) is 17.6 Å². The van der Waals surface area contributed by atoms with Crippen molar-refractivity contribution in [3.63, 3.8) is 0 Å². The summed E-state index contributed by atoms with van der Waals surface area (Å²) < 4.78 is 14.3. The van der Waals surface area contributed by atoms with Gasteiger partial charge in [-0.05, 0) is 30.5 Å². The minimum absolute atomic E-state index is 0.0526. The fraction of sp³-hybridized carbons (Fsp3) is 0.261. The number of benzene rings is 2. The van der Waals surface area contributed by atoms with Crippen LogP contribution in [0.2, 0.25) is 0 Å². The molecule has 0 saturated carbocycles. The highest BCUT2D eigenvalue weighted by Gasteiger charge is 2.28. The number of rotatable bonds is 4. The van der Waals surface area contributed by atoms with Crippen LogP contribution in [0.25, 0.3) is 11.3 Å². The number of carbonyl (C=O) groups excluding carboxylic acids is 1. The lowest BCUT2D eigenvalue weighted by atomic mass is 9.91. The first-order chi connectivity index (χ1) is 13.7. The molecule has 0 aliphatic carbocycles. The normalized spacial score (nSPS) is 16.8. The van der Waals surface area contributed by atoms with Gasteiger partial charge in [0.2, 0.25) is 5.91 Å². The Morgan fingerprint density at radius 3 is 2.61 bits per heavy atom. The summed E-state index contributed by atoms with van der Waals surface area (Å²) in [6, 6.07) is 16.4. The molecule has 28 heavy (non-hydrogen) atoms. The van der Waals surface area contributed by atoms with Crippen LogP contribution >= 0.6 is 0 Å². The van der Waals surface area contributed by atoms with Crippen molar-refractivity contribution in [2.24, 2.45) is 0 Å². The quantitative estimate of drug-likeness (QED) is 0.685. The maximum absolute atomic E-state index is 14.3.